The summed E-state index contributed by atoms with van der Waals surface area (Å²) in [6.07, 6.45) is 0. The summed E-state index contributed by atoms with van der Waals surface area (Å²) in [5, 5.41) is 10.3. The molecule has 0 bridgehead atoms. The third-order valence-electron chi connectivity index (χ3n) is 6.13. The predicted octanol–water partition coefficient (Wildman–Crippen LogP) is 5.04. The van der Waals surface area contributed by atoms with Gasteiger partial charge in [-0.05, 0) is 54.6 Å². The van der Waals surface area contributed by atoms with Crippen LogP contribution in [0.5, 0.6) is 5.75 Å². The van der Waals surface area contributed by atoms with Crippen molar-refractivity contribution < 1.29 is 9.53 Å². The number of amides is 1. The molecule has 184 valence electrons. The van der Waals surface area contributed by atoms with Crippen molar-refractivity contribution in [1.82, 2.24) is 19.7 Å². The predicted molar refractivity (Wildman–Crippen MR) is 144 cm³/mol. The van der Waals surface area contributed by atoms with Gasteiger partial charge in [-0.15, -0.1) is 10.2 Å². The number of aromatic nitrogens is 3. The van der Waals surface area contributed by atoms with E-state index in [0.717, 1.165) is 40.8 Å². The Morgan fingerprint density at radius 2 is 1.64 bits per heavy atom. The smallest absolute Gasteiger partial charge is 0.233 e. The summed E-state index contributed by atoms with van der Waals surface area (Å²) in [6, 6.07) is 25.5. The summed E-state index contributed by atoms with van der Waals surface area (Å²) in [6.45, 7) is 2.90. The van der Waals surface area contributed by atoms with Crippen LogP contribution in [0.25, 0.3) is 17.1 Å². The average molecular weight is 520 g/mol. The van der Waals surface area contributed by atoms with Gasteiger partial charge in [-0.1, -0.05) is 47.6 Å². The van der Waals surface area contributed by atoms with Gasteiger partial charge in [0.25, 0.3) is 0 Å². The van der Waals surface area contributed by atoms with E-state index in [1.54, 1.807) is 7.11 Å². The number of ether oxygens (including phenoxy) is 1. The molecular weight excluding hydrogens is 494 g/mol. The number of piperazine rings is 1. The van der Waals surface area contributed by atoms with Gasteiger partial charge in [0.1, 0.15) is 5.75 Å². The Balaban J connectivity index is 1.28. The number of carbonyl (C=O) groups is 1. The monoisotopic (exact) mass is 519 g/mol. The summed E-state index contributed by atoms with van der Waals surface area (Å²) in [4.78, 5) is 17.2. The van der Waals surface area contributed by atoms with Crippen LogP contribution in [0.3, 0.4) is 0 Å². The van der Waals surface area contributed by atoms with Crippen molar-refractivity contribution in [1.29, 1.82) is 0 Å². The molecule has 0 atom stereocenters. The molecule has 0 saturated carbocycles. The molecule has 5 rings (SSSR count). The zero-order valence-electron chi connectivity index (χ0n) is 19.9. The summed E-state index contributed by atoms with van der Waals surface area (Å²) in [7, 11) is 1.64. The number of para-hydroxylation sites is 1. The van der Waals surface area contributed by atoms with Gasteiger partial charge in [0, 0.05) is 48.1 Å². The lowest BCUT2D eigenvalue weighted by atomic mass is 10.2. The first-order chi connectivity index (χ1) is 17.6. The lowest BCUT2D eigenvalue weighted by molar-refractivity contribution is -0.128. The lowest BCUT2D eigenvalue weighted by Crippen LogP contribution is -2.49. The first kappa shape index (κ1) is 24.2. The molecule has 1 amide bonds. The Morgan fingerprint density at radius 1 is 0.917 bits per heavy atom. The minimum absolute atomic E-state index is 0.0966. The number of hydrogen-bond donors (Lipinski definition) is 0. The number of hydrogen-bond acceptors (Lipinski definition) is 6. The molecule has 0 N–H and O–H groups in total. The highest BCUT2D eigenvalue weighted by Crippen LogP contribution is 2.29. The number of halogens is 1. The van der Waals surface area contributed by atoms with E-state index in [-0.39, 0.29) is 5.91 Å². The Bertz CT molecular complexity index is 1320. The van der Waals surface area contributed by atoms with Gasteiger partial charge < -0.3 is 14.5 Å². The van der Waals surface area contributed by atoms with Crippen LogP contribution in [0, 0.1) is 0 Å². The third-order valence-corrected chi connectivity index (χ3v) is 7.28. The molecule has 3 aromatic carbocycles. The largest absolute Gasteiger partial charge is 0.497 e. The number of anilines is 1. The molecule has 36 heavy (non-hydrogen) atoms. The maximum atomic E-state index is 13.1. The molecule has 1 fully saturated rings. The van der Waals surface area contributed by atoms with Gasteiger partial charge in [0.05, 0.1) is 12.9 Å². The lowest BCUT2D eigenvalue weighted by Gasteiger charge is -2.36. The van der Waals surface area contributed by atoms with E-state index >= 15 is 0 Å². The summed E-state index contributed by atoms with van der Waals surface area (Å²) in [5.74, 6) is 1.89. The van der Waals surface area contributed by atoms with Crippen LogP contribution >= 0.6 is 23.4 Å². The summed E-state index contributed by atoms with van der Waals surface area (Å²) in [5.41, 5.74) is 2.95. The van der Waals surface area contributed by atoms with E-state index in [1.165, 1.54) is 11.8 Å². The van der Waals surface area contributed by atoms with E-state index in [2.05, 4.69) is 21.2 Å². The first-order valence-electron chi connectivity index (χ1n) is 11.7. The van der Waals surface area contributed by atoms with Crippen LogP contribution < -0.4 is 9.64 Å². The third kappa shape index (κ3) is 5.34. The van der Waals surface area contributed by atoms with Crippen LogP contribution in [-0.4, -0.2) is 64.6 Å². The van der Waals surface area contributed by atoms with Crippen molar-refractivity contribution in [3.63, 3.8) is 0 Å². The zero-order valence-corrected chi connectivity index (χ0v) is 21.5. The SMILES string of the molecule is COc1ccc(-c2nnc(SCC(=O)N3CCN(c4cccc(Cl)c4)CC3)n2-c2ccccc2)cc1. The molecule has 0 spiro atoms. The maximum absolute atomic E-state index is 13.1. The fraction of sp³-hybridized carbons (Fsp3) is 0.222. The molecule has 1 saturated heterocycles. The summed E-state index contributed by atoms with van der Waals surface area (Å²) >= 11 is 7.55. The molecule has 1 aliphatic heterocycles. The second-order valence-electron chi connectivity index (χ2n) is 8.34. The van der Waals surface area contributed by atoms with E-state index in [9.17, 15) is 4.79 Å². The van der Waals surface area contributed by atoms with Gasteiger partial charge in [-0.2, -0.15) is 0 Å². The van der Waals surface area contributed by atoms with Crippen molar-refractivity contribution in [2.24, 2.45) is 0 Å². The minimum atomic E-state index is 0.0966. The molecule has 7 nitrogen and oxygen atoms in total. The Kier molecular flexibility index (Phi) is 7.44. The Hall–Kier alpha value is -3.49. The van der Waals surface area contributed by atoms with Crippen molar-refractivity contribution in [3.8, 4) is 22.8 Å². The molecule has 4 aromatic rings. The highest BCUT2D eigenvalue weighted by Gasteiger charge is 2.23. The Morgan fingerprint density at radius 3 is 2.33 bits per heavy atom. The number of benzene rings is 3. The van der Waals surface area contributed by atoms with Gasteiger partial charge in [-0.25, -0.2) is 0 Å². The molecular formula is C27H26ClN5O2S. The van der Waals surface area contributed by atoms with Crippen molar-refractivity contribution >= 4 is 35.0 Å². The van der Waals surface area contributed by atoms with Crippen LogP contribution in [0.15, 0.2) is 84.0 Å². The van der Waals surface area contributed by atoms with E-state index in [0.29, 0.717) is 29.8 Å². The number of nitrogens with zero attached hydrogens (tertiary/aromatic N) is 5. The van der Waals surface area contributed by atoms with Gasteiger partial charge in [0.15, 0.2) is 11.0 Å². The van der Waals surface area contributed by atoms with Gasteiger partial charge in [-0.3, -0.25) is 9.36 Å². The zero-order chi connectivity index (χ0) is 24.9. The fourth-order valence-electron chi connectivity index (χ4n) is 4.20. The van der Waals surface area contributed by atoms with E-state index in [4.69, 9.17) is 16.3 Å². The van der Waals surface area contributed by atoms with E-state index < -0.39 is 0 Å². The number of methoxy groups -OCH3 is 1. The van der Waals surface area contributed by atoms with E-state index in [1.807, 2.05) is 82.3 Å². The summed E-state index contributed by atoms with van der Waals surface area (Å²) < 4.78 is 7.28. The average Bonchev–Trinajstić information content (AvgIpc) is 3.36. The second kappa shape index (κ2) is 11.1. The van der Waals surface area contributed by atoms with Crippen LogP contribution in [0.2, 0.25) is 5.02 Å². The minimum Gasteiger partial charge on any atom is -0.497 e. The van der Waals surface area contributed by atoms with Crippen molar-refractivity contribution in [3.05, 3.63) is 83.9 Å². The molecule has 0 unspecified atom stereocenters. The van der Waals surface area contributed by atoms with Crippen LogP contribution in [-0.2, 0) is 4.79 Å². The second-order valence-corrected chi connectivity index (χ2v) is 9.72. The van der Waals surface area contributed by atoms with Crippen LogP contribution in [0.1, 0.15) is 0 Å². The maximum Gasteiger partial charge on any atom is 0.233 e. The molecule has 1 aromatic heterocycles. The quantitative estimate of drug-likeness (QED) is 0.319. The highest BCUT2D eigenvalue weighted by molar-refractivity contribution is 7.99. The Labute approximate surface area is 219 Å². The number of carbonyl (C=O) groups excluding carboxylic acids is 1. The first-order valence-corrected chi connectivity index (χ1v) is 13.0. The standard InChI is InChI=1S/C27H26ClN5O2S/c1-35-24-12-10-20(11-13-24)26-29-30-27(33(26)22-7-3-2-4-8-22)36-19-25(34)32-16-14-31(15-17-32)23-9-5-6-21(28)18-23/h2-13,18H,14-17,19H2,1H3. The number of rotatable bonds is 7. The molecule has 0 radical (unpaired) electrons. The van der Waals surface area contributed by atoms with Gasteiger partial charge in [0.2, 0.25) is 5.91 Å². The molecule has 9 heteroatoms. The number of thioether (sulfide) groups is 1. The molecule has 1 aliphatic rings. The van der Waals surface area contributed by atoms with Gasteiger partial charge >= 0.3 is 0 Å². The normalized spacial score (nSPS) is 13.6. The van der Waals surface area contributed by atoms with Crippen molar-refractivity contribution in [2.45, 2.75) is 5.16 Å². The highest BCUT2D eigenvalue weighted by atomic mass is 35.5. The van der Waals surface area contributed by atoms with Crippen LogP contribution in [0.4, 0.5) is 5.69 Å². The fourth-order valence-corrected chi connectivity index (χ4v) is 5.24. The topological polar surface area (TPSA) is 63.5 Å². The molecule has 2 heterocycles. The molecule has 0 aliphatic carbocycles. The van der Waals surface area contributed by atoms with Crippen molar-refractivity contribution in [2.75, 3.05) is 43.9 Å².